The van der Waals surface area contributed by atoms with Gasteiger partial charge in [0.1, 0.15) is 11.4 Å². The van der Waals surface area contributed by atoms with Gasteiger partial charge in [-0.05, 0) is 43.8 Å². The Labute approximate surface area is 156 Å². The molecule has 1 amide bonds. The number of benzene rings is 2. The van der Waals surface area contributed by atoms with Gasteiger partial charge in [-0.1, -0.05) is 23.7 Å². The van der Waals surface area contributed by atoms with Crippen LogP contribution in [0.1, 0.15) is 12.5 Å². The summed E-state index contributed by atoms with van der Waals surface area (Å²) < 4.78 is 5.39. The van der Waals surface area contributed by atoms with Gasteiger partial charge < -0.3 is 10.1 Å². The molecule has 0 aliphatic heterocycles. The van der Waals surface area contributed by atoms with Crippen molar-refractivity contribution < 1.29 is 14.5 Å². The average molecular weight is 378 g/mol. The molecule has 0 bridgehead atoms. The first-order valence-electron chi connectivity index (χ1n) is 8.03. The minimum absolute atomic E-state index is 0.0802. The molecule has 0 unspecified atom stereocenters. The number of carbonyl (C=O) groups excluding carboxylic acids is 1. The third-order valence-corrected chi connectivity index (χ3v) is 3.76. The molecule has 0 aliphatic carbocycles. The number of nitro groups is 1. The van der Waals surface area contributed by atoms with Crippen LogP contribution in [0.4, 0.5) is 11.4 Å². The molecule has 0 aromatic heterocycles. The van der Waals surface area contributed by atoms with Crippen LogP contribution in [-0.4, -0.2) is 35.9 Å². The zero-order chi connectivity index (χ0) is 19.1. The van der Waals surface area contributed by atoms with Gasteiger partial charge in [0.15, 0.2) is 0 Å². The summed E-state index contributed by atoms with van der Waals surface area (Å²) in [6.07, 6.45) is 0. The van der Waals surface area contributed by atoms with Crippen LogP contribution in [0.15, 0.2) is 42.5 Å². The number of carbonyl (C=O) groups is 1. The van der Waals surface area contributed by atoms with E-state index in [1.807, 2.05) is 31.2 Å². The largest absolute Gasteiger partial charge is 0.494 e. The molecule has 0 heterocycles. The van der Waals surface area contributed by atoms with Crippen molar-refractivity contribution in [3.05, 3.63) is 63.2 Å². The van der Waals surface area contributed by atoms with Crippen LogP contribution in [0.25, 0.3) is 0 Å². The fraction of sp³-hybridized carbons (Fsp3) is 0.278. The maximum absolute atomic E-state index is 12.2. The fourth-order valence-electron chi connectivity index (χ4n) is 2.43. The van der Waals surface area contributed by atoms with E-state index >= 15 is 0 Å². The molecule has 0 saturated carbocycles. The van der Waals surface area contributed by atoms with Gasteiger partial charge in [0.25, 0.3) is 5.69 Å². The van der Waals surface area contributed by atoms with Gasteiger partial charge >= 0.3 is 0 Å². The van der Waals surface area contributed by atoms with Crippen LogP contribution in [-0.2, 0) is 11.3 Å². The normalized spacial score (nSPS) is 10.6. The number of likely N-dealkylation sites (N-methyl/N-ethyl adjacent to an activating group) is 1. The third-order valence-electron chi connectivity index (χ3n) is 3.53. The van der Waals surface area contributed by atoms with E-state index in [9.17, 15) is 14.9 Å². The van der Waals surface area contributed by atoms with E-state index in [1.54, 1.807) is 11.9 Å². The fourth-order valence-corrected chi connectivity index (χ4v) is 2.60. The number of amides is 1. The lowest BCUT2D eigenvalue weighted by molar-refractivity contribution is -0.383. The Bertz CT molecular complexity index is 781. The average Bonchev–Trinajstić information content (AvgIpc) is 2.56. The maximum atomic E-state index is 12.2. The second-order valence-corrected chi connectivity index (χ2v) is 6.15. The lowest BCUT2D eigenvalue weighted by Gasteiger charge is -2.16. The van der Waals surface area contributed by atoms with Crippen LogP contribution in [0, 0.1) is 10.1 Å². The standard InChI is InChI=1S/C18H20ClN3O4/c1-3-26-15-7-4-13(5-8-15)11-21(2)12-18(23)20-16-10-14(19)6-9-17(16)22(24)25/h4-10H,3,11-12H2,1-2H3,(H,20,23). The van der Waals surface area contributed by atoms with E-state index in [1.165, 1.54) is 18.2 Å². The number of hydrogen-bond acceptors (Lipinski definition) is 5. The zero-order valence-corrected chi connectivity index (χ0v) is 15.3. The number of halogens is 1. The molecule has 7 nitrogen and oxygen atoms in total. The molecule has 138 valence electrons. The van der Waals surface area contributed by atoms with Crippen LogP contribution >= 0.6 is 11.6 Å². The van der Waals surface area contributed by atoms with Crippen molar-refractivity contribution in [3.8, 4) is 5.75 Å². The van der Waals surface area contributed by atoms with Crippen molar-refractivity contribution in [2.75, 3.05) is 25.5 Å². The summed E-state index contributed by atoms with van der Waals surface area (Å²) in [5.74, 6) is 0.439. The van der Waals surface area contributed by atoms with Crippen molar-refractivity contribution in [1.29, 1.82) is 0 Å². The Morgan fingerprint density at radius 1 is 1.27 bits per heavy atom. The highest BCUT2D eigenvalue weighted by atomic mass is 35.5. The van der Waals surface area contributed by atoms with Crippen LogP contribution < -0.4 is 10.1 Å². The first-order valence-corrected chi connectivity index (χ1v) is 8.41. The van der Waals surface area contributed by atoms with Gasteiger partial charge in [-0.3, -0.25) is 19.8 Å². The summed E-state index contributed by atoms with van der Waals surface area (Å²) in [4.78, 5) is 24.5. The van der Waals surface area contributed by atoms with Crippen molar-refractivity contribution in [2.45, 2.75) is 13.5 Å². The second kappa shape index (κ2) is 9.17. The van der Waals surface area contributed by atoms with Gasteiger partial charge in [-0.2, -0.15) is 0 Å². The number of anilines is 1. The van der Waals surface area contributed by atoms with Crippen LogP contribution in [0.5, 0.6) is 5.75 Å². The molecular weight excluding hydrogens is 358 g/mol. The van der Waals surface area contributed by atoms with E-state index in [2.05, 4.69) is 5.32 Å². The Balaban J connectivity index is 1.95. The van der Waals surface area contributed by atoms with E-state index in [0.29, 0.717) is 18.2 Å². The van der Waals surface area contributed by atoms with Crippen molar-refractivity contribution in [2.24, 2.45) is 0 Å². The number of hydrogen-bond donors (Lipinski definition) is 1. The topological polar surface area (TPSA) is 84.7 Å². The van der Waals surface area contributed by atoms with Crippen molar-refractivity contribution in [3.63, 3.8) is 0 Å². The van der Waals surface area contributed by atoms with Crippen molar-refractivity contribution >= 4 is 28.9 Å². The smallest absolute Gasteiger partial charge is 0.292 e. The molecule has 2 aromatic rings. The summed E-state index contributed by atoms with van der Waals surface area (Å²) in [6, 6.07) is 11.7. The summed E-state index contributed by atoms with van der Waals surface area (Å²) in [5.41, 5.74) is 0.913. The number of nitro benzene ring substituents is 1. The second-order valence-electron chi connectivity index (χ2n) is 5.72. The maximum Gasteiger partial charge on any atom is 0.292 e. The Hall–Kier alpha value is -2.64. The third kappa shape index (κ3) is 5.72. The first kappa shape index (κ1) is 19.7. The molecule has 1 N–H and O–H groups in total. The van der Waals surface area contributed by atoms with Gasteiger partial charge in [0.05, 0.1) is 18.1 Å². The van der Waals surface area contributed by atoms with Gasteiger partial charge in [-0.25, -0.2) is 0 Å². The molecule has 0 aliphatic rings. The lowest BCUT2D eigenvalue weighted by Crippen LogP contribution is -2.30. The summed E-state index contributed by atoms with van der Waals surface area (Å²) in [6.45, 7) is 3.16. The van der Waals surface area contributed by atoms with E-state index in [-0.39, 0.29) is 23.8 Å². The van der Waals surface area contributed by atoms with Gasteiger partial charge in [0.2, 0.25) is 5.91 Å². The minimum atomic E-state index is -0.560. The molecule has 0 radical (unpaired) electrons. The summed E-state index contributed by atoms with van der Waals surface area (Å²) in [7, 11) is 1.79. The molecular formula is C18H20ClN3O4. The van der Waals surface area contributed by atoms with Crippen LogP contribution in [0.2, 0.25) is 5.02 Å². The quantitative estimate of drug-likeness (QED) is 0.559. The number of nitrogens with zero attached hydrogens (tertiary/aromatic N) is 2. The van der Waals surface area contributed by atoms with Gasteiger partial charge in [0, 0.05) is 17.6 Å². The Morgan fingerprint density at radius 3 is 2.58 bits per heavy atom. The Kier molecular flexibility index (Phi) is 6.94. The molecule has 2 rings (SSSR count). The van der Waals surface area contributed by atoms with Gasteiger partial charge in [-0.15, -0.1) is 0 Å². The molecule has 0 spiro atoms. The predicted octanol–water partition coefficient (Wildman–Crippen LogP) is 3.72. The number of rotatable bonds is 8. The summed E-state index contributed by atoms with van der Waals surface area (Å²) >= 11 is 5.86. The van der Waals surface area contributed by atoms with E-state index < -0.39 is 4.92 Å². The minimum Gasteiger partial charge on any atom is -0.494 e. The highest BCUT2D eigenvalue weighted by Gasteiger charge is 2.17. The highest BCUT2D eigenvalue weighted by Crippen LogP contribution is 2.27. The Morgan fingerprint density at radius 2 is 1.96 bits per heavy atom. The molecule has 26 heavy (non-hydrogen) atoms. The first-order chi connectivity index (χ1) is 12.4. The SMILES string of the molecule is CCOc1ccc(CN(C)CC(=O)Nc2cc(Cl)ccc2[N+](=O)[O-])cc1. The zero-order valence-electron chi connectivity index (χ0n) is 14.6. The molecule has 2 aromatic carbocycles. The molecule has 8 heteroatoms. The van der Waals surface area contributed by atoms with Crippen LogP contribution in [0.3, 0.4) is 0 Å². The monoisotopic (exact) mass is 377 g/mol. The lowest BCUT2D eigenvalue weighted by atomic mass is 10.2. The molecule has 0 saturated heterocycles. The van der Waals surface area contributed by atoms with Crippen molar-refractivity contribution in [1.82, 2.24) is 4.90 Å². The van der Waals surface area contributed by atoms with E-state index in [0.717, 1.165) is 11.3 Å². The molecule has 0 fully saturated rings. The predicted molar refractivity (Wildman–Crippen MR) is 101 cm³/mol. The van der Waals surface area contributed by atoms with E-state index in [4.69, 9.17) is 16.3 Å². The number of ether oxygens (including phenoxy) is 1. The number of nitrogens with one attached hydrogen (secondary N) is 1. The summed E-state index contributed by atoms with van der Waals surface area (Å²) in [5, 5.41) is 13.9. The highest BCUT2D eigenvalue weighted by molar-refractivity contribution is 6.31. The molecule has 0 atom stereocenters.